The first-order valence-electron chi connectivity index (χ1n) is 9.33. The Bertz CT molecular complexity index is 429. The normalized spacial score (nSPS) is 14.5. The Balaban J connectivity index is 3.90. The smallest absolute Gasteiger partial charge is 0.242 e. The van der Waals surface area contributed by atoms with E-state index in [0.29, 0.717) is 12.8 Å². The molecular weight excluding hydrogens is 318 g/mol. The minimum atomic E-state index is -0.951. The number of unbranched alkanes of at least 4 members (excludes halogenated alkanes) is 5. The van der Waals surface area contributed by atoms with E-state index in [1.165, 1.54) is 0 Å². The van der Waals surface area contributed by atoms with Gasteiger partial charge in [0.05, 0.1) is 0 Å². The van der Waals surface area contributed by atoms with Gasteiger partial charge in [-0.3, -0.25) is 10.1 Å². The van der Waals surface area contributed by atoms with E-state index in [1.807, 2.05) is 19.1 Å². The van der Waals surface area contributed by atoms with Crippen LogP contribution in [-0.4, -0.2) is 28.5 Å². The van der Waals surface area contributed by atoms with Gasteiger partial charge in [-0.05, 0) is 38.5 Å². The minimum Gasteiger partial charge on any atom is -0.386 e. The first-order valence-corrected chi connectivity index (χ1v) is 9.33. The van der Waals surface area contributed by atoms with Gasteiger partial charge in [-0.25, -0.2) is 0 Å². The second kappa shape index (κ2) is 17.1. The number of hydrogen-bond donors (Lipinski definition) is 1. The summed E-state index contributed by atoms with van der Waals surface area (Å²) in [7, 11) is 0. The van der Waals surface area contributed by atoms with Gasteiger partial charge in [0.25, 0.3) is 0 Å². The van der Waals surface area contributed by atoms with Crippen LogP contribution in [0.1, 0.15) is 71.1 Å². The lowest BCUT2D eigenvalue weighted by Gasteiger charge is -2.12. The summed E-state index contributed by atoms with van der Waals surface area (Å²) >= 11 is 0. The van der Waals surface area contributed by atoms with Crippen LogP contribution in [0.2, 0.25) is 0 Å². The number of aliphatic hydroxyl groups excluding tert-OH is 1. The summed E-state index contributed by atoms with van der Waals surface area (Å²) in [4.78, 5) is 20.8. The van der Waals surface area contributed by atoms with Crippen LogP contribution in [0.3, 0.4) is 0 Å². The maximum atomic E-state index is 11.1. The largest absolute Gasteiger partial charge is 0.386 e. The van der Waals surface area contributed by atoms with E-state index < -0.39 is 17.1 Å². The van der Waals surface area contributed by atoms with Crippen molar-refractivity contribution in [1.82, 2.24) is 0 Å². The molecule has 0 fully saturated rings. The van der Waals surface area contributed by atoms with E-state index in [9.17, 15) is 20.0 Å². The topological polar surface area (TPSA) is 80.4 Å². The van der Waals surface area contributed by atoms with Crippen LogP contribution in [0, 0.1) is 10.1 Å². The van der Waals surface area contributed by atoms with Gasteiger partial charge in [-0.15, -0.1) is 0 Å². The number of carbonyl (C=O) groups excluding carboxylic acids is 1. The lowest BCUT2D eigenvalue weighted by molar-refractivity contribution is -0.533. The summed E-state index contributed by atoms with van der Waals surface area (Å²) in [6, 6.07) is -0.951. The van der Waals surface area contributed by atoms with Crippen LogP contribution < -0.4 is 0 Å². The Labute approximate surface area is 151 Å². The fourth-order valence-corrected chi connectivity index (χ4v) is 2.41. The van der Waals surface area contributed by atoms with Crippen molar-refractivity contribution >= 4 is 6.29 Å². The Kier molecular flexibility index (Phi) is 15.9. The second-order valence-corrected chi connectivity index (χ2v) is 6.11. The highest BCUT2D eigenvalue weighted by Crippen LogP contribution is 2.10. The summed E-state index contributed by atoms with van der Waals surface area (Å²) in [5.41, 5.74) is 0. The summed E-state index contributed by atoms with van der Waals surface area (Å²) in [5.74, 6) is 0. The summed E-state index contributed by atoms with van der Waals surface area (Å²) in [6.07, 6.45) is 19.8. The van der Waals surface area contributed by atoms with Crippen molar-refractivity contribution in [3.8, 4) is 0 Å². The van der Waals surface area contributed by atoms with Crippen molar-refractivity contribution in [1.29, 1.82) is 0 Å². The van der Waals surface area contributed by atoms with Crippen molar-refractivity contribution in [2.75, 3.05) is 0 Å². The van der Waals surface area contributed by atoms with Crippen LogP contribution in [0.5, 0.6) is 0 Å². The number of aliphatic hydroxyl groups is 1. The van der Waals surface area contributed by atoms with E-state index >= 15 is 0 Å². The Morgan fingerprint density at radius 3 is 2.20 bits per heavy atom. The molecule has 0 spiro atoms. The monoisotopic (exact) mass is 351 g/mol. The number of carbonyl (C=O) groups is 1. The first-order chi connectivity index (χ1) is 12.1. The number of hydrogen-bond acceptors (Lipinski definition) is 4. The number of aldehydes is 1. The predicted molar refractivity (Wildman–Crippen MR) is 102 cm³/mol. The number of nitrogens with zero attached hydrogens (tertiary/aromatic N) is 1. The molecule has 25 heavy (non-hydrogen) atoms. The molecule has 0 aliphatic carbocycles. The maximum Gasteiger partial charge on any atom is 0.242 e. The minimum absolute atomic E-state index is 0.249. The molecule has 1 N–H and O–H groups in total. The summed E-state index contributed by atoms with van der Waals surface area (Å²) in [5, 5.41) is 21.0. The summed E-state index contributed by atoms with van der Waals surface area (Å²) in [6.45, 7) is 1.98. The van der Waals surface area contributed by atoms with Crippen molar-refractivity contribution < 1.29 is 14.8 Å². The summed E-state index contributed by atoms with van der Waals surface area (Å²) < 4.78 is 0. The molecule has 0 amide bonds. The van der Waals surface area contributed by atoms with Crippen molar-refractivity contribution in [2.45, 2.75) is 83.3 Å². The molecular formula is C20H33NO4. The van der Waals surface area contributed by atoms with Crippen LogP contribution in [0.15, 0.2) is 36.5 Å². The van der Waals surface area contributed by atoms with Gasteiger partial charge in [-0.2, -0.15) is 0 Å². The second-order valence-electron chi connectivity index (χ2n) is 6.11. The molecule has 0 aliphatic rings. The molecule has 0 aromatic heterocycles. The molecule has 2 atom stereocenters. The third-order valence-corrected chi connectivity index (χ3v) is 3.92. The Morgan fingerprint density at radius 1 is 0.920 bits per heavy atom. The molecule has 0 heterocycles. The highest BCUT2D eigenvalue weighted by molar-refractivity contribution is 5.48. The van der Waals surface area contributed by atoms with Gasteiger partial charge in [0.2, 0.25) is 6.04 Å². The fraction of sp³-hybridized carbons (Fsp3) is 0.650. The third kappa shape index (κ3) is 14.3. The zero-order valence-corrected chi connectivity index (χ0v) is 15.4. The quantitative estimate of drug-likeness (QED) is 0.143. The van der Waals surface area contributed by atoms with Crippen LogP contribution in [0.4, 0.5) is 0 Å². The van der Waals surface area contributed by atoms with Gasteiger partial charge in [0.1, 0.15) is 12.4 Å². The SMILES string of the molecule is CC/C=C\CC(O)C(C/C=C\C/C=C\CCCCCCC=O)[N+](=O)[O-]. The lowest BCUT2D eigenvalue weighted by atomic mass is 10.0. The molecule has 0 aromatic rings. The van der Waals surface area contributed by atoms with Crippen LogP contribution >= 0.6 is 0 Å². The zero-order chi connectivity index (χ0) is 18.8. The molecule has 0 aromatic carbocycles. The highest BCUT2D eigenvalue weighted by Gasteiger charge is 2.27. The average Bonchev–Trinajstić information content (AvgIpc) is 2.58. The molecule has 142 valence electrons. The van der Waals surface area contributed by atoms with Crippen molar-refractivity contribution in [3.63, 3.8) is 0 Å². The highest BCUT2D eigenvalue weighted by atomic mass is 16.6. The van der Waals surface area contributed by atoms with Gasteiger partial charge >= 0.3 is 0 Å². The average molecular weight is 351 g/mol. The molecule has 0 radical (unpaired) electrons. The van der Waals surface area contributed by atoms with Crippen LogP contribution in [0.25, 0.3) is 0 Å². The molecule has 2 unspecified atom stereocenters. The van der Waals surface area contributed by atoms with Crippen LogP contribution in [-0.2, 0) is 4.79 Å². The van der Waals surface area contributed by atoms with Gasteiger partial charge in [-0.1, -0.05) is 56.2 Å². The van der Waals surface area contributed by atoms with Gasteiger partial charge in [0, 0.05) is 17.8 Å². The molecule has 0 saturated carbocycles. The van der Waals surface area contributed by atoms with Crippen molar-refractivity contribution in [3.05, 3.63) is 46.6 Å². The van der Waals surface area contributed by atoms with E-state index in [0.717, 1.165) is 51.2 Å². The first kappa shape index (κ1) is 23.2. The zero-order valence-electron chi connectivity index (χ0n) is 15.4. The Morgan fingerprint density at radius 2 is 1.56 bits per heavy atom. The molecule has 0 rings (SSSR count). The van der Waals surface area contributed by atoms with Gasteiger partial charge < -0.3 is 9.90 Å². The van der Waals surface area contributed by atoms with Crippen molar-refractivity contribution in [2.24, 2.45) is 0 Å². The third-order valence-electron chi connectivity index (χ3n) is 3.92. The molecule has 0 aliphatic heterocycles. The number of nitro groups is 1. The number of rotatable bonds is 16. The van der Waals surface area contributed by atoms with E-state index in [-0.39, 0.29) is 6.42 Å². The molecule has 5 nitrogen and oxygen atoms in total. The standard InChI is InChI=1S/C20H33NO4/c1-2-3-13-17-20(23)19(21(24)25)16-14-11-9-7-5-4-6-8-10-12-15-18-22/h3,5,7,11,13-14,18-20,23H,2,4,6,8-10,12,15-17H2,1H3/b7-5-,13-3-,14-11-. The molecule has 5 heteroatoms. The Hall–Kier alpha value is -1.75. The van der Waals surface area contributed by atoms with E-state index in [4.69, 9.17) is 0 Å². The number of allylic oxidation sites excluding steroid dienone is 4. The molecule has 0 saturated heterocycles. The van der Waals surface area contributed by atoms with E-state index in [2.05, 4.69) is 12.2 Å². The predicted octanol–water partition coefficient (Wildman–Crippen LogP) is 4.78. The molecule has 0 bridgehead atoms. The van der Waals surface area contributed by atoms with Gasteiger partial charge in [0.15, 0.2) is 0 Å². The lowest BCUT2D eigenvalue weighted by Crippen LogP contribution is -2.32. The fourth-order valence-electron chi connectivity index (χ4n) is 2.41. The van der Waals surface area contributed by atoms with E-state index in [1.54, 1.807) is 12.2 Å². The maximum absolute atomic E-state index is 11.1.